The highest BCUT2D eigenvalue weighted by Gasteiger charge is 2.08. The molecule has 2 rings (SSSR count). The molecule has 68 valence electrons. The van der Waals surface area contributed by atoms with Gasteiger partial charge in [0.05, 0.1) is 0 Å². The van der Waals surface area contributed by atoms with Crippen molar-refractivity contribution in [3.8, 4) is 23.8 Å². The molecule has 0 aliphatic carbocycles. The minimum atomic E-state index is 0.573. The van der Waals surface area contributed by atoms with Crippen molar-refractivity contribution in [1.82, 2.24) is 4.98 Å². The van der Waals surface area contributed by atoms with Crippen molar-refractivity contribution in [3.05, 3.63) is 41.8 Å². The molecular formula is C12H9NO. The van der Waals surface area contributed by atoms with Crippen LogP contribution in [-0.2, 0) is 0 Å². The first-order valence-corrected chi connectivity index (χ1v) is 4.30. The van der Waals surface area contributed by atoms with E-state index in [0.29, 0.717) is 17.3 Å². The molecule has 0 saturated carbocycles. The van der Waals surface area contributed by atoms with Gasteiger partial charge in [-0.3, -0.25) is 0 Å². The maximum Gasteiger partial charge on any atom is 0.227 e. The van der Waals surface area contributed by atoms with Crippen molar-refractivity contribution >= 4 is 0 Å². The molecular weight excluding hydrogens is 174 g/mol. The summed E-state index contributed by atoms with van der Waals surface area (Å²) >= 11 is 0. The normalized spacial score (nSPS) is 9.71. The number of terminal acetylenes is 1. The molecule has 2 heteroatoms. The highest BCUT2D eigenvalue weighted by Crippen LogP contribution is 2.20. The monoisotopic (exact) mass is 183 g/mol. The Bertz CT molecular complexity index is 477. The second-order valence-electron chi connectivity index (χ2n) is 2.93. The van der Waals surface area contributed by atoms with Crippen molar-refractivity contribution in [2.75, 3.05) is 0 Å². The second-order valence-corrected chi connectivity index (χ2v) is 2.93. The van der Waals surface area contributed by atoms with E-state index >= 15 is 0 Å². The Morgan fingerprint density at radius 2 is 2.00 bits per heavy atom. The average molecular weight is 183 g/mol. The van der Waals surface area contributed by atoms with E-state index in [1.807, 2.05) is 37.3 Å². The fourth-order valence-corrected chi connectivity index (χ4v) is 1.23. The quantitative estimate of drug-likeness (QED) is 0.635. The summed E-state index contributed by atoms with van der Waals surface area (Å²) in [6, 6.07) is 9.69. The Morgan fingerprint density at radius 3 is 2.57 bits per heavy atom. The first-order chi connectivity index (χ1) is 6.81. The van der Waals surface area contributed by atoms with E-state index in [-0.39, 0.29) is 0 Å². The molecule has 0 saturated heterocycles. The van der Waals surface area contributed by atoms with Crippen molar-refractivity contribution in [1.29, 1.82) is 0 Å². The molecule has 0 bridgehead atoms. The zero-order valence-corrected chi connectivity index (χ0v) is 7.82. The van der Waals surface area contributed by atoms with Gasteiger partial charge in [0.15, 0.2) is 5.69 Å². The molecule has 0 unspecified atom stereocenters. The van der Waals surface area contributed by atoms with Crippen molar-refractivity contribution in [2.45, 2.75) is 6.92 Å². The van der Waals surface area contributed by atoms with E-state index in [9.17, 15) is 0 Å². The third-order valence-electron chi connectivity index (χ3n) is 1.95. The summed E-state index contributed by atoms with van der Waals surface area (Å²) in [5.74, 6) is 3.75. The fourth-order valence-electron chi connectivity index (χ4n) is 1.23. The van der Waals surface area contributed by atoms with Crippen molar-refractivity contribution in [2.24, 2.45) is 0 Å². The van der Waals surface area contributed by atoms with E-state index < -0.39 is 0 Å². The van der Waals surface area contributed by atoms with Crippen LogP contribution in [0.15, 0.2) is 34.7 Å². The first-order valence-electron chi connectivity index (χ1n) is 4.30. The van der Waals surface area contributed by atoms with Gasteiger partial charge in [-0.25, -0.2) is 4.98 Å². The summed E-state index contributed by atoms with van der Waals surface area (Å²) in [6.07, 6.45) is 5.27. The predicted octanol–water partition coefficient (Wildman–Crippen LogP) is 2.63. The Kier molecular flexibility index (Phi) is 2.08. The average Bonchev–Trinajstić information content (AvgIpc) is 2.61. The Hall–Kier alpha value is -2.01. The van der Waals surface area contributed by atoms with Crippen molar-refractivity contribution < 1.29 is 4.42 Å². The number of hydrogen-bond acceptors (Lipinski definition) is 2. The summed E-state index contributed by atoms with van der Waals surface area (Å²) in [5.41, 5.74) is 1.51. The van der Waals surface area contributed by atoms with Gasteiger partial charge in [0, 0.05) is 5.56 Å². The van der Waals surface area contributed by atoms with E-state index in [4.69, 9.17) is 10.8 Å². The van der Waals surface area contributed by atoms with Crippen LogP contribution in [0.1, 0.15) is 11.5 Å². The standard InChI is InChI=1S/C12H9NO/c1-3-11-9(2)14-12(13-11)10-7-5-4-6-8-10/h1,4-8H,2H3. The minimum Gasteiger partial charge on any atom is -0.440 e. The van der Waals surface area contributed by atoms with E-state index in [1.54, 1.807) is 0 Å². The molecule has 0 N–H and O–H groups in total. The molecule has 0 spiro atoms. The molecule has 14 heavy (non-hydrogen) atoms. The van der Waals surface area contributed by atoms with Gasteiger partial charge >= 0.3 is 0 Å². The number of hydrogen-bond donors (Lipinski definition) is 0. The molecule has 2 nitrogen and oxygen atoms in total. The smallest absolute Gasteiger partial charge is 0.227 e. The molecule has 0 amide bonds. The van der Waals surface area contributed by atoms with Gasteiger partial charge in [0.2, 0.25) is 5.89 Å². The number of aromatic nitrogens is 1. The molecule has 0 radical (unpaired) electrons. The number of rotatable bonds is 1. The second kappa shape index (κ2) is 3.39. The van der Waals surface area contributed by atoms with Crippen LogP contribution in [0.4, 0.5) is 0 Å². The fraction of sp³-hybridized carbons (Fsp3) is 0.0833. The van der Waals surface area contributed by atoms with Gasteiger partial charge in [-0.05, 0) is 25.0 Å². The number of benzene rings is 1. The zero-order valence-electron chi connectivity index (χ0n) is 7.82. The Labute approximate surface area is 82.6 Å². The minimum absolute atomic E-state index is 0.573. The Morgan fingerprint density at radius 1 is 1.29 bits per heavy atom. The summed E-state index contributed by atoms with van der Waals surface area (Å²) in [5, 5.41) is 0. The lowest BCUT2D eigenvalue weighted by molar-refractivity contribution is 0.542. The lowest BCUT2D eigenvalue weighted by atomic mass is 10.2. The van der Waals surface area contributed by atoms with Gasteiger partial charge in [-0.2, -0.15) is 0 Å². The van der Waals surface area contributed by atoms with E-state index in [0.717, 1.165) is 5.56 Å². The largest absolute Gasteiger partial charge is 0.440 e. The van der Waals surface area contributed by atoms with Crippen LogP contribution in [0.5, 0.6) is 0 Å². The van der Waals surface area contributed by atoms with Gasteiger partial charge in [0.1, 0.15) is 5.76 Å². The van der Waals surface area contributed by atoms with Gasteiger partial charge in [-0.15, -0.1) is 6.42 Å². The molecule has 0 aliphatic rings. The van der Waals surface area contributed by atoms with Crippen LogP contribution >= 0.6 is 0 Å². The molecule has 1 heterocycles. The van der Waals surface area contributed by atoms with Gasteiger partial charge in [-0.1, -0.05) is 18.2 Å². The summed E-state index contributed by atoms with van der Waals surface area (Å²) in [4.78, 5) is 4.20. The van der Waals surface area contributed by atoms with E-state index in [2.05, 4.69) is 10.9 Å². The summed E-state index contributed by atoms with van der Waals surface area (Å²) < 4.78 is 5.44. The number of nitrogens with zero attached hydrogens (tertiary/aromatic N) is 1. The highest BCUT2D eigenvalue weighted by molar-refractivity contribution is 5.54. The molecule has 0 atom stereocenters. The van der Waals surface area contributed by atoms with Crippen molar-refractivity contribution in [3.63, 3.8) is 0 Å². The molecule has 1 aromatic heterocycles. The van der Waals surface area contributed by atoms with Crippen LogP contribution in [0.3, 0.4) is 0 Å². The molecule has 2 aromatic rings. The summed E-state index contributed by atoms with van der Waals surface area (Å²) in [6.45, 7) is 1.81. The van der Waals surface area contributed by atoms with Crippen LogP contribution in [0.25, 0.3) is 11.5 Å². The van der Waals surface area contributed by atoms with Gasteiger partial charge < -0.3 is 4.42 Å². The maximum absolute atomic E-state index is 5.44. The predicted molar refractivity (Wildman–Crippen MR) is 54.6 cm³/mol. The third kappa shape index (κ3) is 1.40. The topological polar surface area (TPSA) is 26.0 Å². The van der Waals surface area contributed by atoms with Crippen LogP contribution < -0.4 is 0 Å². The Balaban J connectivity index is 2.50. The van der Waals surface area contributed by atoms with Gasteiger partial charge in [0.25, 0.3) is 0 Å². The molecule has 1 aromatic carbocycles. The zero-order chi connectivity index (χ0) is 9.97. The lowest BCUT2D eigenvalue weighted by Crippen LogP contribution is -1.77. The molecule has 0 aliphatic heterocycles. The van der Waals surface area contributed by atoms with Crippen LogP contribution in [-0.4, -0.2) is 4.98 Å². The number of oxazole rings is 1. The highest BCUT2D eigenvalue weighted by atomic mass is 16.4. The van der Waals surface area contributed by atoms with E-state index in [1.165, 1.54) is 0 Å². The van der Waals surface area contributed by atoms with Crippen LogP contribution in [0, 0.1) is 19.3 Å². The third-order valence-corrected chi connectivity index (χ3v) is 1.95. The SMILES string of the molecule is C#Cc1nc(-c2ccccc2)oc1C. The lowest BCUT2D eigenvalue weighted by Gasteiger charge is -1.91. The maximum atomic E-state index is 5.44. The first kappa shape index (κ1) is 8.58. The number of aryl methyl sites for hydroxylation is 1. The summed E-state index contributed by atoms with van der Waals surface area (Å²) in [7, 11) is 0. The molecule has 0 fully saturated rings. The van der Waals surface area contributed by atoms with Crippen LogP contribution in [0.2, 0.25) is 0 Å².